The maximum atomic E-state index is 13.2. The Labute approximate surface area is 187 Å². The lowest BCUT2D eigenvalue weighted by atomic mass is 9.95. The van der Waals surface area contributed by atoms with Gasteiger partial charge in [0.05, 0.1) is 10.6 Å². The number of alkyl halides is 3. The summed E-state index contributed by atoms with van der Waals surface area (Å²) >= 11 is 5.96. The van der Waals surface area contributed by atoms with Crippen molar-refractivity contribution in [2.75, 3.05) is 6.54 Å². The third-order valence-electron chi connectivity index (χ3n) is 4.98. The van der Waals surface area contributed by atoms with Gasteiger partial charge in [-0.15, -0.1) is 10.2 Å². The van der Waals surface area contributed by atoms with E-state index in [0.717, 1.165) is 37.9 Å². The maximum Gasteiger partial charge on any atom is 0.417 e. The van der Waals surface area contributed by atoms with Gasteiger partial charge in [-0.3, -0.25) is 14.8 Å². The van der Waals surface area contributed by atoms with E-state index in [2.05, 4.69) is 20.5 Å². The molecule has 0 spiro atoms. The lowest BCUT2D eigenvalue weighted by molar-refractivity contribution is -0.137. The number of nitrogens with zero attached hydrogens (tertiary/aromatic N) is 4. The van der Waals surface area contributed by atoms with Crippen LogP contribution in [0.2, 0.25) is 5.02 Å². The molecule has 2 heterocycles. The summed E-state index contributed by atoms with van der Waals surface area (Å²) in [4.78, 5) is 17.3. The number of allylic oxidation sites excluding steroid dienone is 1. The van der Waals surface area contributed by atoms with Crippen molar-refractivity contribution in [3.63, 3.8) is 0 Å². The largest absolute Gasteiger partial charge is 0.417 e. The van der Waals surface area contributed by atoms with Gasteiger partial charge in [0.1, 0.15) is 24.3 Å². The van der Waals surface area contributed by atoms with E-state index in [4.69, 9.17) is 17.0 Å². The first kappa shape index (κ1) is 23.8. The summed E-state index contributed by atoms with van der Waals surface area (Å²) in [7, 11) is 0. The van der Waals surface area contributed by atoms with Gasteiger partial charge in [0.25, 0.3) is 0 Å². The first-order chi connectivity index (χ1) is 15.2. The summed E-state index contributed by atoms with van der Waals surface area (Å²) in [6, 6.07) is 3.28. The molecule has 1 aromatic heterocycles. The van der Waals surface area contributed by atoms with Crippen LogP contribution in [0.5, 0.6) is 0 Å². The number of rotatable bonds is 5. The van der Waals surface area contributed by atoms with Gasteiger partial charge in [-0.25, -0.2) is 4.99 Å². The molecule has 0 saturated carbocycles. The highest BCUT2D eigenvalue weighted by atomic mass is 35.5. The predicted octanol–water partition coefficient (Wildman–Crippen LogP) is 4.54. The molecule has 1 aliphatic rings. The average molecular weight is 467 g/mol. The first-order valence-electron chi connectivity index (χ1n) is 10.00. The second-order valence-electron chi connectivity index (χ2n) is 7.44. The minimum Gasteiger partial charge on any atom is -0.314 e. The molecule has 0 aliphatic carbocycles. The lowest BCUT2D eigenvalue weighted by Gasteiger charge is -2.25. The fourth-order valence-electron chi connectivity index (χ4n) is 3.52. The fraction of sp³-hybridized carbons (Fsp3) is 0.381. The number of piperidine rings is 1. The molecule has 2 aromatic rings. The van der Waals surface area contributed by atoms with Gasteiger partial charge in [-0.2, -0.15) is 13.2 Å². The highest BCUT2D eigenvalue weighted by Crippen LogP contribution is 2.36. The van der Waals surface area contributed by atoms with Gasteiger partial charge in [-0.1, -0.05) is 24.1 Å². The molecule has 1 fully saturated rings. The smallest absolute Gasteiger partial charge is 0.314 e. The van der Waals surface area contributed by atoms with E-state index in [0.29, 0.717) is 12.0 Å². The molecular formula is C21H22ClF3N6O. The highest BCUT2D eigenvalue weighted by molar-refractivity contribution is 6.35. The second kappa shape index (κ2) is 10.2. The monoisotopic (exact) mass is 466 g/mol. The Kier molecular flexibility index (Phi) is 7.57. The Bertz CT molecular complexity index is 1040. The van der Waals surface area contributed by atoms with E-state index >= 15 is 0 Å². The Hall–Kier alpha value is -2.85. The quantitative estimate of drug-likeness (QED) is 0.293. The number of hydrogen-bond acceptors (Lipinski definition) is 5. The number of benzene rings is 1. The summed E-state index contributed by atoms with van der Waals surface area (Å²) < 4.78 is 41.2. The van der Waals surface area contributed by atoms with Crippen LogP contribution in [0.25, 0.3) is 0 Å². The zero-order valence-corrected chi connectivity index (χ0v) is 18.0. The van der Waals surface area contributed by atoms with E-state index in [9.17, 15) is 18.0 Å². The molecule has 32 heavy (non-hydrogen) atoms. The molecule has 0 bridgehead atoms. The van der Waals surface area contributed by atoms with Crippen molar-refractivity contribution in [2.45, 2.75) is 44.8 Å². The van der Waals surface area contributed by atoms with Crippen LogP contribution >= 0.6 is 11.6 Å². The number of ketones is 1. The number of carbonyl (C=O) groups is 1. The van der Waals surface area contributed by atoms with Crippen molar-refractivity contribution in [3.8, 4) is 0 Å². The Balaban J connectivity index is 2.06. The van der Waals surface area contributed by atoms with E-state index in [1.54, 1.807) is 0 Å². The molecule has 170 valence electrons. The van der Waals surface area contributed by atoms with E-state index in [-0.39, 0.29) is 23.3 Å². The SMILES string of the molecule is CC(=N)/N=C(\C(=C\C(=O)c1cccc(C(F)(F)F)c1Cl)CC1CCCCN1)n1cnnc1. The number of aliphatic imine (C=N–C) groups is 1. The lowest BCUT2D eigenvalue weighted by Crippen LogP contribution is -2.35. The van der Waals surface area contributed by atoms with Crippen LogP contribution in [0.15, 0.2) is 47.5 Å². The van der Waals surface area contributed by atoms with Gasteiger partial charge in [0, 0.05) is 17.2 Å². The van der Waals surface area contributed by atoms with Crippen molar-refractivity contribution in [2.24, 2.45) is 4.99 Å². The zero-order valence-electron chi connectivity index (χ0n) is 17.3. The predicted molar refractivity (Wildman–Crippen MR) is 115 cm³/mol. The van der Waals surface area contributed by atoms with Crippen molar-refractivity contribution >= 4 is 29.1 Å². The van der Waals surface area contributed by atoms with Crippen molar-refractivity contribution in [1.29, 1.82) is 5.41 Å². The maximum absolute atomic E-state index is 13.2. The molecule has 0 amide bonds. The number of nitrogens with one attached hydrogen (secondary N) is 2. The Morgan fingerprint density at radius 3 is 2.66 bits per heavy atom. The summed E-state index contributed by atoms with van der Waals surface area (Å²) in [5.74, 6) is -0.442. The third kappa shape index (κ3) is 5.89. The topological polar surface area (TPSA) is 96.0 Å². The highest BCUT2D eigenvalue weighted by Gasteiger charge is 2.34. The number of aromatic nitrogens is 3. The van der Waals surface area contributed by atoms with Crippen molar-refractivity contribution < 1.29 is 18.0 Å². The van der Waals surface area contributed by atoms with Crippen LogP contribution in [0.4, 0.5) is 13.2 Å². The summed E-state index contributed by atoms with van der Waals surface area (Å²) in [5.41, 5.74) is -0.892. The molecule has 0 radical (unpaired) electrons. The summed E-state index contributed by atoms with van der Waals surface area (Å²) in [5, 5.41) is 18.0. The fourth-order valence-corrected chi connectivity index (χ4v) is 3.85. The van der Waals surface area contributed by atoms with E-state index in [1.165, 1.54) is 36.3 Å². The third-order valence-corrected chi connectivity index (χ3v) is 5.38. The molecule has 3 rings (SSSR count). The van der Waals surface area contributed by atoms with Crippen LogP contribution < -0.4 is 5.32 Å². The standard InChI is InChI=1S/C21H22ClF3N6O/c1-13(26)30-20(31-11-28-29-12-31)14(9-15-5-2-3-8-27-15)10-18(32)16-6-4-7-17(19(16)22)21(23,24)25/h4,6-7,10-12,15,26-27H,2-3,5,8-9H2,1H3/b14-10+,26-13?,30-20+. The molecular weight excluding hydrogens is 445 g/mol. The first-order valence-corrected chi connectivity index (χ1v) is 10.4. The molecule has 1 aromatic carbocycles. The van der Waals surface area contributed by atoms with E-state index in [1.807, 2.05) is 0 Å². The summed E-state index contributed by atoms with van der Waals surface area (Å²) in [6.07, 6.45) is 2.62. The molecule has 1 atom stereocenters. The minimum atomic E-state index is -4.68. The second-order valence-corrected chi connectivity index (χ2v) is 7.82. The molecule has 1 aliphatic heterocycles. The number of hydrogen-bond donors (Lipinski definition) is 2. The molecule has 11 heteroatoms. The van der Waals surface area contributed by atoms with Gasteiger partial charge in [0.2, 0.25) is 0 Å². The number of amidine groups is 1. The molecule has 1 unspecified atom stereocenters. The molecule has 2 N–H and O–H groups in total. The number of carbonyl (C=O) groups excluding carboxylic acids is 1. The van der Waals surface area contributed by atoms with Crippen LogP contribution in [0.1, 0.15) is 48.5 Å². The van der Waals surface area contributed by atoms with Gasteiger partial charge >= 0.3 is 6.18 Å². The van der Waals surface area contributed by atoms with Gasteiger partial charge in [0.15, 0.2) is 5.78 Å². The Morgan fingerprint density at radius 2 is 2.06 bits per heavy atom. The van der Waals surface area contributed by atoms with E-state index < -0.39 is 22.5 Å². The van der Waals surface area contributed by atoms with Crippen LogP contribution in [-0.4, -0.2) is 44.8 Å². The number of halogens is 4. The minimum absolute atomic E-state index is 0.0132. The zero-order chi connectivity index (χ0) is 23.3. The van der Waals surface area contributed by atoms with Gasteiger partial charge < -0.3 is 5.32 Å². The molecule has 7 nitrogen and oxygen atoms in total. The van der Waals surface area contributed by atoms with Crippen LogP contribution in [0, 0.1) is 5.41 Å². The Morgan fingerprint density at radius 1 is 1.34 bits per heavy atom. The summed E-state index contributed by atoms with van der Waals surface area (Å²) in [6.45, 7) is 2.31. The van der Waals surface area contributed by atoms with Gasteiger partial charge in [-0.05, 0) is 50.9 Å². The van der Waals surface area contributed by atoms with Crippen LogP contribution in [-0.2, 0) is 6.18 Å². The van der Waals surface area contributed by atoms with Crippen molar-refractivity contribution in [3.05, 3.63) is 58.7 Å². The average Bonchev–Trinajstić information content (AvgIpc) is 3.26. The normalized spacial score (nSPS) is 18.0. The van der Waals surface area contributed by atoms with Crippen molar-refractivity contribution in [1.82, 2.24) is 20.1 Å². The molecule has 1 saturated heterocycles. The van der Waals surface area contributed by atoms with Crippen LogP contribution in [0.3, 0.4) is 0 Å².